The number of hydrogen-bond acceptors (Lipinski definition) is 3. The van der Waals surface area contributed by atoms with Gasteiger partial charge in [0.2, 0.25) is 5.91 Å². The Morgan fingerprint density at radius 1 is 1.21 bits per heavy atom. The molecule has 0 unspecified atom stereocenters. The fourth-order valence-electron chi connectivity index (χ4n) is 2.80. The van der Waals surface area contributed by atoms with E-state index in [0.717, 1.165) is 0 Å². The van der Waals surface area contributed by atoms with E-state index in [9.17, 15) is 22.8 Å². The van der Waals surface area contributed by atoms with E-state index < -0.39 is 12.3 Å². The van der Waals surface area contributed by atoms with Crippen LogP contribution in [0.15, 0.2) is 24.3 Å². The summed E-state index contributed by atoms with van der Waals surface area (Å²) in [7, 11) is 0. The van der Waals surface area contributed by atoms with Crippen LogP contribution in [-0.2, 0) is 16.0 Å². The summed E-state index contributed by atoms with van der Waals surface area (Å²) in [4.78, 5) is 22.9. The predicted octanol–water partition coefficient (Wildman–Crippen LogP) is 2.89. The van der Waals surface area contributed by atoms with Crippen molar-refractivity contribution in [1.29, 1.82) is 0 Å². The summed E-state index contributed by atoms with van der Waals surface area (Å²) in [6.07, 6.45) is -2.65. The number of carbonyl (C=O) groups is 2. The van der Waals surface area contributed by atoms with Gasteiger partial charge >= 0.3 is 12.3 Å². The number of carboxylic acid groups (broad SMARTS) is 1. The number of nitrogens with one attached hydrogen (secondary N) is 1. The third-order valence-corrected chi connectivity index (χ3v) is 3.94. The van der Waals surface area contributed by atoms with E-state index in [2.05, 4.69) is 10.1 Å². The molecule has 0 bridgehead atoms. The van der Waals surface area contributed by atoms with Crippen molar-refractivity contribution in [3.05, 3.63) is 29.8 Å². The maximum atomic E-state index is 12.2. The summed E-state index contributed by atoms with van der Waals surface area (Å²) in [5.41, 5.74) is 0.411. The topological polar surface area (TPSA) is 75.6 Å². The third kappa shape index (κ3) is 5.75. The second kappa shape index (κ2) is 7.55. The molecule has 1 aromatic rings. The highest BCUT2D eigenvalue weighted by molar-refractivity contribution is 5.79. The maximum Gasteiger partial charge on any atom is 0.573 e. The van der Waals surface area contributed by atoms with Crippen LogP contribution in [0.1, 0.15) is 31.2 Å². The molecule has 24 heavy (non-hydrogen) atoms. The van der Waals surface area contributed by atoms with Gasteiger partial charge in [0.05, 0.1) is 12.3 Å². The van der Waals surface area contributed by atoms with Gasteiger partial charge in [-0.3, -0.25) is 9.59 Å². The molecular formula is C16H18F3NO4. The Kier molecular flexibility index (Phi) is 5.69. The lowest BCUT2D eigenvalue weighted by Gasteiger charge is -2.26. The molecule has 8 heteroatoms. The molecule has 1 saturated carbocycles. The van der Waals surface area contributed by atoms with Crippen LogP contribution >= 0.6 is 0 Å². The zero-order chi connectivity index (χ0) is 17.7. The third-order valence-electron chi connectivity index (χ3n) is 3.94. The van der Waals surface area contributed by atoms with Gasteiger partial charge < -0.3 is 15.2 Å². The van der Waals surface area contributed by atoms with Crippen LogP contribution in [0.5, 0.6) is 5.75 Å². The largest absolute Gasteiger partial charge is 0.573 e. The van der Waals surface area contributed by atoms with Gasteiger partial charge in [0, 0.05) is 6.04 Å². The second-order valence-electron chi connectivity index (χ2n) is 5.83. The SMILES string of the molecule is O=C(Cc1cccc(OC(F)(F)F)c1)NC1CCC(C(=O)O)CC1. The molecule has 1 amide bonds. The first kappa shape index (κ1) is 18.1. The summed E-state index contributed by atoms with van der Waals surface area (Å²) in [5, 5.41) is 11.7. The fraction of sp³-hybridized carbons (Fsp3) is 0.500. The highest BCUT2D eigenvalue weighted by Crippen LogP contribution is 2.25. The monoisotopic (exact) mass is 345 g/mol. The number of carboxylic acids is 1. The average Bonchev–Trinajstić information content (AvgIpc) is 2.46. The van der Waals surface area contributed by atoms with E-state index in [1.807, 2.05) is 0 Å². The molecule has 2 N–H and O–H groups in total. The minimum atomic E-state index is -4.77. The van der Waals surface area contributed by atoms with E-state index in [1.165, 1.54) is 18.2 Å². The van der Waals surface area contributed by atoms with Crippen LogP contribution in [0.2, 0.25) is 0 Å². The highest BCUT2D eigenvalue weighted by atomic mass is 19.4. The van der Waals surface area contributed by atoms with Gasteiger partial charge in [0.1, 0.15) is 5.75 Å². The number of hydrogen-bond donors (Lipinski definition) is 2. The average molecular weight is 345 g/mol. The van der Waals surface area contributed by atoms with Crippen LogP contribution in [0.3, 0.4) is 0 Å². The minimum absolute atomic E-state index is 0.0616. The lowest BCUT2D eigenvalue weighted by Crippen LogP contribution is -2.39. The van der Waals surface area contributed by atoms with Gasteiger partial charge in [-0.1, -0.05) is 12.1 Å². The molecule has 0 heterocycles. The maximum absolute atomic E-state index is 12.2. The van der Waals surface area contributed by atoms with Crippen molar-refractivity contribution in [3.63, 3.8) is 0 Å². The fourth-order valence-corrected chi connectivity index (χ4v) is 2.80. The van der Waals surface area contributed by atoms with E-state index >= 15 is 0 Å². The van der Waals surface area contributed by atoms with Crippen molar-refractivity contribution in [2.24, 2.45) is 5.92 Å². The summed E-state index contributed by atoms with van der Waals surface area (Å²) in [6, 6.07) is 5.19. The second-order valence-corrected chi connectivity index (χ2v) is 5.83. The number of aliphatic carboxylic acids is 1. The number of halogens is 3. The quantitative estimate of drug-likeness (QED) is 0.860. The molecule has 5 nitrogen and oxygen atoms in total. The Hall–Kier alpha value is -2.25. The summed E-state index contributed by atoms with van der Waals surface area (Å²) in [6.45, 7) is 0. The van der Waals surface area contributed by atoms with E-state index in [1.54, 1.807) is 6.07 Å². The van der Waals surface area contributed by atoms with Gasteiger partial charge in [-0.05, 0) is 43.4 Å². The highest BCUT2D eigenvalue weighted by Gasteiger charge is 2.31. The molecule has 1 aromatic carbocycles. The van der Waals surface area contributed by atoms with Crippen molar-refractivity contribution in [2.45, 2.75) is 44.5 Å². The lowest BCUT2D eigenvalue weighted by molar-refractivity contribution is -0.274. The molecule has 0 atom stereocenters. The Morgan fingerprint density at radius 3 is 2.46 bits per heavy atom. The van der Waals surface area contributed by atoms with Gasteiger partial charge in [0.25, 0.3) is 0 Å². The molecule has 1 aliphatic rings. The minimum Gasteiger partial charge on any atom is -0.481 e. The van der Waals surface area contributed by atoms with E-state index in [-0.39, 0.29) is 30.0 Å². The Balaban J connectivity index is 1.85. The Morgan fingerprint density at radius 2 is 1.88 bits per heavy atom. The summed E-state index contributed by atoms with van der Waals surface area (Å²) in [5.74, 6) is -1.86. The molecule has 1 fully saturated rings. The van der Waals surface area contributed by atoms with Crippen LogP contribution < -0.4 is 10.1 Å². The van der Waals surface area contributed by atoms with E-state index in [0.29, 0.717) is 31.2 Å². The number of amides is 1. The first-order valence-corrected chi connectivity index (χ1v) is 7.60. The lowest BCUT2D eigenvalue weighted by atomic mass is 9.86. The molecule has 2 rings (SSSR count). The van der Waals surface area contributed by atoms with Gasteiger partial charge in [-0.15, -0.1) is 13.2 Å². The van der Waals surface area contributed by atoms with Crippen molar-refractivity contribution >= 4 is 11.9 Å². The Labute approximate surface area is 136 Å². The van der Waals surface area contributed by atoms with Crippen molar-refractivity contribution < 1.29 is 32.6 Å². The zero-order valence-electron chi connectivity index (χ0n) is 12.8. The first-order chi connectivity index (χ1) is 11.2. The predicted molar refractivity (Wildman–Crippen MR) is 78.4 cm³/mol. The van der Waals surface area contributed by atoms with Crippen molar-refractivity contribution in [1.82, 2.24) is 5.32 Å². The van der Waals surface area contributed by atoms with Crippen molar-refractivity contribution in [3.8, 4) is 5.75 Å². The number of ether oxygens (including phenoxy) is 1. The standard InChI is InChI=1S/C16H18F3NO4/c17-16(18,19)24-13-3-1-2-10(8-13)9-14(21)20-12-6-4-11(5-7-12)15(22)23/h1-3,8,11-12H,4-7,9H2,(H,20,21)(H,22,23). The van der Waals surface area contributed by atoms with E-state index in [4.69, 9.17) is 5.11 Å². The summed E-state index contributed by atoms with van der Waals surface area (Å²) >= 11 is 0. The smallest absolute Gasteiger partial charge is 0.481 e. The number of rotatable bonds is 5. The molecule has 0 spiro atoms. The Bertz CT molecular complexity index is 595. The molecule has 0 aliphatic heterocycles. The molecule has 0 aromatic heterocycles. The van der Waals surface area contributed by atoms with Crippen LogP contribution in [0.4, 0.5) is 13.2 Å². The van der Waals surface area contributed by atoms with Crippen LogP contribution in [0, 0.1) is 5.92 Å². The van der Waals surface area contributed by atoms with Gasteiger partial charge in [0.15, 0.2) is 0 Å². The molecule has 0 saturated heterocycles. The summed E-state index contributed by atoms with van der Waals surface area (Å²) < 4.78 is 40.4. The van der Waals surface area contributed by atoms with Gasteiger partial charge in [-0.25, -0.2) is 0 Å². The number of benzene rings is 1. The molecular weight excluding hydrogens is 327 g/mol. The zero-order valence-corrected chi connectivity index (χ0v) is 12.8. The van der Waals surface area contributed by atoms with Crippen molar-refractivity contribution in [2.75, 3.05) is 0 Å². The van der Waals surface area contributed by atoms with Gasteiger partial charge in [-0.2, -0.15) is 0 Å². The first-order valence-electron chi connectivity index (χ1n) is 7.60. The molecule has 0 radical (unpaired) electrons. The molecule has 132 valence electrons. The van der Waals surface area contributed by atoms with Crippen LogP contribution in [-0.4, -0.2) is 29.4 Å². The molecule has 1 aliphatic carbocycles. The number of alkyl halides is 3. The van der Waals surface area contributed by atoms with Crippen LogP contribution in [0.25, 0.3) is 0 Å². The number of carbonyl (C=O) groups excluding carboxylic acids is 1. The normalized spacial score (nSPS) is 21.1.